The van der Waals surface area contributed by atoms with Gasteiger partial charge in [0, 0.05) is 31.3 Å². The maximum absolute atomic E-state index is 14.2. The Morgan fingerprint density at radius 3 is 2.57 bits per heavy atom. The van der Waals surface area contributed by atoms with E-state index in [1.807, 2.05) is 23.7 Å². The summed E-state index contributed by atoms with van der Waals surface area (Å²) in [6.07, 6.45) is 6.06. The maximum atomic E-state index is 14.2. The van der Waals surface area contributed by atoms with Gasteiger partial charge in [0.05, 0.1) is 17.9 Å². The number of fused-ring (bicyclic) bond motifs is 1. The molecule has 0 radical (unpaired) electrons. The highest BCUT2D eigenvalue weighted by Gasteiger charge is 2.38. The molecule has 1 N–H and O–H groups in total. The highest BCUT2D eigenvalue weighted by molar-refractivity contribution is 7.13. The number of hydrogen-bond acceptors (Lipinski definition) is 6. The number of nitrogens with zero attached hydrogens (tertiary/aromatic N) is 5. The fourth-order valence-corrected chi connectivity index (χ4v) is 5.50. The van der Waals surface area contributed by atoms with Gasteiger partial charge >= 0.3 is 0 Å². The first kappa shape index (κ1) is 19.7. The number of aromatic nitrogens is 5. The Hall–Kier alpha value is -2.29. The Labute approximate surface area is 178 Å². The van der Waals surface area contributed by atoms with Gasteiger partial charge in [-0.05, 0) is 45.4 Å². The molecule has 0 amide bonds. The summed E-state index contributed by atoms with van der Waals surface area (Å²) in [7, 11) is 3.98. The van der Waals surface area contributed by atoms with E-state index in [0.717, 1.165) is 29.5 Å². The van der Waals surface area contributed by atoms with Crippen molar-refractivity contribution in [1.29, 1.82) is 0 Å². The molecule has 3 aromatic rings. The molecule has 2 fully saturated rings. The molecule has 30 heavy (non-hydrogen) atoms. The average molecular weight is 431 g/mol. The monoisotopic (exact) mass is 430 g/mol. The Bertz CT molecular complexity index is 1120. The van der Waals surface area contributed by atoms with E-state index < -0.39 is 5.67 Å². The van der Waals surface area contributed by atoms with Crippen LogP contribution in [0.5, 0.6) is 0 Å². The first-order chi connectivity index (χ1) is 14.3. The summed E-state index contributed by atoms with van der Waals surface area (Å²) in [6.45, 7) is 1.67. The number of nitrogens with one attached hydrogen (secondary N) is 1. The number of alkyl halides is 1. The molecule has 2 saturated carbocycles. The molecule has 160 valence electrons. The lowest BCUT2D eigenvalue weighted by Gasteiger charge is -2.34. The zero-order valence-corrected chi connectivity index (χ0v) is 18.4. The summed E-state index contributed by atoms with van der Waals surface area (Å²) < 4.78 is 16.1. The van der Waals surface area contributed by atoms with E-state index in [9.17, 15) is 9.18 Å². The van der Waals surface area contributed by atoms with Crippen LogP contribution in [0, 0.1) is 0 Å². The lowest BCUT2D eigenvalue weighted by molar-refractivity contribution is 0.103. The molecule has 0 bridgehead atoms. The third-order valence-corrected chi connectivity index (χ3v) is 7.75. The SMILES string of the molecule is CN(C)c1nc([C@@H]2CC[C@@H]2c2nc3c(cnn3C3CCC(C)(F)CC3)c(=O)[nH]2)cs1. The lowest BCUT2D eigenvalue weighted by Crippen LogP contribution is -2.29. The summed E-state index contributed by atoms with van der Waals surface area (Å²) in [4.78, 5) is 27.4. The molecule has 2 aliphatic carbocycles. The fraction of sp³-hybridized carbons (Fsp3) is 0.619. The molecule has 2 aliphatic rings. The number of thiazole rings is 1. The second-order valence-electron chi connectivity index (χ2n) is 9.16. The van der Waals surface area contributed by atoms with Crippen LogP contribution in [0.25, 0.3) is 11.0 Å². The van der Waals surface area contributed by atoms with E-state index in [1.165, 1.54) is 0 Å². The van der Waals surface area contributed by atoms with Crippen LogP contribution in [0.3, 0.4) is 0 Å². The Balaban J connectivity index is 1.46. The van der Waals surface area contributed by atoms with Crippen molar-refractivity contribution < 1.29 is 4.39 Å². The van der Waals surface area contributed by atoms with Gasteiger partial charge in [-0.3, -0.25) is 4.79 Å². The zero-order valence-electron chi connectivity index (χ0n) is 17.6. The molecule has 3 heterocycles. The molecule has 3 aromatic heterocycles. The van der Waals surface area contributed by atoms with Crippen LogP contribution in [0.1, 0.15) is 74.8 Å². The maximum Gasteiger partial charge on any atom is 0.262 e. The van der Waals surface area contributed by atoms with Crippen molar-refractivity contribution in [3.8, 4) is 0 Å². The number of aromatic amines is 1. The van der Waals surface area contributed by atoms with Gasteiger partial charge in [0.25, 0.3) is 5.56 Å². The van der Waals surface area contributed by atoms with Crippen LogP contribution in [0.15, 0.2) is 16.4 Å². The predicted octanol–water partition coefficient (Wildman–Crippen LogP) is 4.15. The lowest BCUT2D eigenvalue weighted by atomic mass is 9.71. The van der Waals surface area contributed by atoms with Gasteiger partial charge in [0.2, 0.25) is 0 Å². The minimum atomic E-state index is -1.10. The van der Waals surface area contributed by atoms with Crippen LogP contribution in [-0.4, -0.2) is 44.5 Å². The minimum absolute atomic E-state index is 0.0897. The van der Waals surface area contributed by atoms with E-state index in [4.69, 9.17) is 9.97 Å². The largest absolute Gasteiger partial charge is 0.354 e. The van der Waals surface area contributed by atoms with Gasteiger partial charge in [-0.1, -0.05) is 0 Å². The van der Waals surface area contributed by atoms with E-state index in [0.29, 0.717) is 36.7 Å². The van der Waals surface area contributed by atoms with Crippen molar-refractivity contribution in [2.75, 3.05) is 19.0 Å². The Morgan fingerprint density at radius 1 is 1.20 bits per heavy atom. The highest BCUT2D eigenvalue weighted by Crippen LogP contribution is 2.48. The molecule has 0 spiro atoms. The van der Waals surface area contributed by atoms with Gasteiger partial charge in [0.1, 0.15) is 16.9 Å². The predicted molar refractivity (Wildman–Crippen MR) is 116 cm³/mol. The van der Waals surface area contributed by atoms with E-state index in [-0.39, 0.29) is 23.4 Å². The van der Waals surface area contributed by atoms with Crippen LogP contribution in [-0.2, 0) is 0 Å². The Kier molecular flexibility index (Phi) is 4.68. The van der Waals surface area contributed by atoms with Crippen molar-refractivity contribution in [3.05, 3.63) is 33.4 Å². The van der Waals surface area contributed by atoms with Crippen LogP contribution >= 0.6 is 11.3 Å². The first-order valence-corrected chi connectivity index (χ1v) is 11.5. The molecule has 2 atom stereocenters. The van der Waals surface area contributed by atoms with Crippen molar-refractivity contribution in [2.24, 2.45) is 0 Å². The fourth-order valence-electron chi connectivity index (χ4n) is 4.68. The summed E-state index contributed by atoms with van der Waals surface area (Å²) in [5, 5.41) is 8.08. The number of halogens is 1. The standard InChI is InChI=1S/C21H27FN6OS/c1-21(22)8-6-12(7-9-21)28-18-15(10-23-28)19(29)26-17(25-18)14-5-4-13(14)16-11-30-20(24-16)27(2)3/h10-14H,4-9H2,1-3H3,(H,25,26,29)/t12?,13-,14+,21?/m1/s1. The molecule has 0 aliphatic heterocycles. The van der Waals surface area contributed by atoms with E-state index in [2.05, 4.69) is 15.5 Å². The molecule has 0 aromatic carbocycles. The summed E-state index contributed by atoms with van der Waals surface area (Å²) >= 11 is 1.64. The molecule has 7 nitrogen and oxygen atoms in total. The van der Waals surface area contributed by atoms with Crippen LogP contribution < -0.4 is 10.5 Å². The number of rotatable bonds is 4. The van der Waals surface area contributed by atoms with Crippen molar-refractivity contribution in [3.63, 3.8) is 0 Å². The minimum Gasteiger partial charge on any atom is -0.354 e. The van der Waals surface area contributed by atoms with E-state index >= 15 is 0 Å². The summed E-state index contributed by atoms with van der Waals surface area (Å²) in [6, 6.07) is 0.0897. The van der Waals surface area contributed by atoms with E-state index in [1.54, 1.807) is 24.5 Å². The third kappa shape index (κ3) is 3.33. The number of hydrogen-bond donors (Lipinski definition) is 1. The third-order valence-electron chi connectivity index (χ3n) is 6.72. The normalized spacial score (nSPS) is 29.1. The average Bonchev–Trinajstić information content (AvgIpc) is 3.29. The van der Waals surface area contributed by atoms with Crippen molar-refractivity contribution in [1.82, 2.24) is 24.7 Å². The summed E-state index contributed by atoms with van der Waals surface area (Å²) in [5.41, 5.74) is 0.447. The highest BCUT2D eigenvalue weighted by atomic mass is 32.1. The van der Waals surface area contributed by atoms with Crippen molar-refractivity contribution in [2.45, 2.75) is 69.0 Å². The Morgan fingerprint density at radius 2 is 1.93 bits per heavy atom. The van der Waals surface area contributed by atoms with Crippen molar-refractivity contribution >= 4 is 27.5 Å². The molecule has 0 unspecified atom stereocenters. The quantitative estimate of drug-likeness (QED) is 0.673. The second kappa shape index (κ2) is 7.14. The molecule has 5 rings (SSSR count). The van der Waals surface area contributed by atoms with Gasteiger partial charge in [-0.25, -0.2) is 19.0 Å². The second-order valence-corrected chi connectivity index (χ2v) is 10.00. The first-order valence-electron chi connectivity index (χ1n) is 10.6. The molecular weight excluding hydrogens is 403 g/mol. The molecule has 0 saturated heterocycles. The van der Waals surface area contributed by atoms with Gasteiger partial charge in [0.15, 0.2) is 10.8 Å². The topological polar surface area (TPSA) is 79.7 Å². The van der Waals surface area contributed by atoms with Gasteiger partial charge in [-0.2, -0.15) is 5.10 Å². The molecular formula is C21H27FN6OS. The summed E-state index contributed by atoms with van der Waals surface area (Å²) in [5.74, 6) is 1.15. The van der Waals surface area contributed by atoms with Gasteiger partial charge < -0.3 is 9.88 Å². The van der Waals surface area contributed by atoms with Crippen LogP contribution in [0.2, 0.25) is 0 Å². The number of anilines is 1. The van der Waals surface area contributed by atoms with Gasteiger partial charge in [-0.15, -0.1) is 11.3 Å². The van der Waals surface area contributed by atoms with Crippen LogP contribution in [0.4, 0.5) is 9.52 Å². The zero-order chi connectivity index (χ0) is 21.0. The number of H-pyrrole nitrogens is 1. The molecule has 9 heteroatoms. The smallest absolute Gasteiger partial charge is 0.262 e.